The molecule has 1 aromatic heterocycles. The van der Waals surface area contributed by atoms with Crippen molar-refractivity contribution in [2.24, 2.45) is 0 Å². The first-order valence-electron chi connectivity index (χ1n) is 4.64. The summed E-state index contributed by atoms with van der Waals surface area (Å²) in [6.45, 7) is 5.67. The molecule has 0 aliphatic heterocycles. The van der Waals surface area contributed by atoms with Gasteiger partial charge in [-0.1, -0.05) is 0 Å². The maximum absolute atomic E-state index is 10.2. The van der Waals surface area contributed by atoms with Gasteiger partial charge in [0.05, 0.1) is 5.56 Å². The SMILES string of the molecule is CCOCC.Nc1ccc(C(=O)O)cn1. The average Bonchev–Trinajstić information content (AvgIpc) is 2.20. The first kappa shape index (κ1) is 13.4. The molecule has 0 amide bonds. The van der Waals surface area contributed by atoms with Crippen LogP contribution in [-0.4, -0.2) is 29.3 Å². The van der Waals surface area contributed by atoms with Gasteiger partial charge < -0.3 is 15.6 Å². The van der Waals surface area contributed by atoms with E-state index in [9.17, 15) is 4.79 Å². The first-order chi connectivity index (χ1) is 7.11. The molecule has 3 N–H and O–H groups in total. The lowest BCUT2D eigenvalue weighted by Crippen LogP contribution is -1.98. The van der Waals surface area contributed by atoms with Gasteiger partial charge in [0.25, 0.3) is 0 Å². The van der Waals surface area contributed by atoms with Gasteiger partial charge in [0.2, 0.25) is 0 Å². The highest BCUT2D eigenvalue weighted by Crippen LogP contribution is 1.99. The number of hydrogen-bond donors (Lipinski definition) is 2. The standard InChI is InChI=1S/C6H6N2O2.C4H10O/c7-5-2-1-4(3-8-5)6(9)10;1-3-5-4-2/h1-3H,(H2,7,8)(H,9,10);3-4H2,1-2H3. The van der Waals surface area contributed by atoms with Crippen LogP contribution in [0.2, 0.25) is 0 Å². The third-order valence-electron chi connectivity index (χ3n) is 1.44. The van der Waals surface area contributed by atoms with Crippen molar-refractivity contribution in [1.82, 2.24) is 4.98 Å². The second-order valence-electron chi connectivity index (χ2n) is 2.56. The molecule has 5 heteroatoms. The molecule has 84 valence electrons. The van der Waals surface area contributed by atoms with E-state index in [4.69, 9.17) is 15.6 Å². The van der Waals surface area contributed by atoms with Crippen molar-refractivity contribution < 1.29 is 14.6 Å². The Morgan fingerprint density at radius 1 is 1.47 bits per heavy atom. The maximum Gasteiger partial charge on any atom is 0.337 e. The molecule has 1 rings (SSSR count). The topological polar surface area (TPSA) is 85.4 Å². The van der Waals surface area contributed by atoms with Gasteiger partial charge in [0.15, 0.2) is 0 Å². The lowest BCUT2D eigenvalue weighted by Gasteiger charge is -1.92. The number of ether oxygens (including phenoxy) is 1. The number of anilines is 1. The van der Waals surface area contributed by atoms with E-state index in [2.05, 4.69) is 4.98 Å². The highest BCUT2D eigenvalue weighted by Gasteiger charge is 1.99. The van der Waals surface area contributed by atoms with Crippen molar-refractivity contribution in [1.29, 1.82) is 0 Å². The number of nitrogens with two attached hydrogens (primary N) is 1. The summed E-state index contributed by atoms with van der Waals surface area (Å²) in [5.41, 5.74) is 5.37. The monoisotopic (exact) mass is 212 g/mol. The number of aromatic carboxylic acids is 1. The Hall–Kier alpha value is -1.62. The lowest BCUT2D eigenvalue weighted by molar-refractivity contribution is 0.0696. The minimum Gasteiger partial charge on any atom is -0.478 e. The number of nitrogen functional groups attached to an aromatic ring is 1. The van der Waals surface area contributed by atoms with Crippen LogP contribution >= 0.6 is 0 Å². The molecule has 0 aromatic carbocycles. The second-order valence-corrected chi connectivity index (χ2v) is 2.56. The summed E-state index contributed by atoms with van der Waals surface area (Å²) < 4.78 is 4.83. The molecule has 15 heavy (non-hydrogen) atoms. The fourth-order valence-electron chi connectivity index (χ4n) is 0.736. The molecule has 0 unspecified atom stereocenters. The summed E-state index contributed by atoms with van der Waals surface area (Å²) in [6.07, 6.45) is 1.22. The Balaban J connectivity index is 0.000000336. The van der Waals surface area contributed by atoms with Crippen LogP contribution in [0.5, 0.6) is 0 Å². The zero-order chi connectivity index (χ0) is 11.7. The molecule has 0 fully saturated rings. The molecule has 0 bridgehead atoms. The zero-order valence-corrected chi connectivity index (χ0v) is 8.93. The van der Waals surface area contributed by atoms with Crippen LogP contribution in [0.25, 0.3) is 0 Å². The Morgan fingerprint density at radius 3 is 2.33 bits per heavy atom. The number of aromatic nitrogens is 1. The Kier molecular flexibility index (Phi) is 6.92. The molecule has 0 radical (unpaired) electrons. The summed E-state index contributed by atoms with van der Waals surface area (Å²) in [6, 6.07) is 2.86. The van der Waals surface area contributed by atoms with Crippen LogP contribution < -0.4 is 5.73 Å². The lowest BCUT2D eigenvalue weighted by atomic mass is 10.3. The number of carboxylic acids is 1. The Bertz CT molecular complexity index is 283. The normalized spacial score (nSPS) is 8.93. The first-order valence-corrected chi connectivity index (χ1v) is 4.64. The van der Waals surface area contributed by atoms with E-state index in [1.54, 1.807) is 0 Å². The largest absolute Gasteiger partial charge is 0.478 e. The summed E-state index contributed by atoms with van der Waals surface area (Å²) >= 11 is 0. The zero-order valence-electron chi connectivity index (χ0n) is 8.93. The molecule has 0 atom stereocenters. The van der Waals surface area contributed by atoms with Gasteiger partial charge in [-0.25, -0.2) is 9.78 Å². The van der Waals surface area contributed by atoms with Gasteiger partial charge in [0.1, 0.15) is 5.82 Å². The van der Waals surface area contributed by atoms with E-state index in [1.807, 2.05) is 13.8 Å². The average molecular weight is 212 g/mol. The van der Waals surface area contributed by atoms with Crippen LogP contribution in [0.15, 0.2) is 18.3 Å². The molecule has 1 aromatic rings. The number of nitrogens with zero attached hydrogens (tertiary/aromatic N) is 1. The van der Waals surface area contributed by atoms with Crippen molar-refractivity contribution in [3.8, 4) is 0 Å². The van der Waals surface area contributed by atoms with Gasteiger partial charge in [-0.15, -0.1) is 0 Å². The number of carboxylic acid groups (broad SMARTS) is 1. The highest BCUT2D eigenvalue weighted by atomic mass is 16.5. The van der Waals surface area contributed by atoms with Crippen LogP contribution in [0.3, 0.4) is 0 Å². The van der Waals surface area contributed by atoms with Crippen LogP contribution in [-0.2, 0) is 4.74 Å². The summed E-state index contributed by atoms with van der Waals surface area (Å²) in [7, 11) is 0. The van der Waals surface area contributed by atoms with Crippen molar-refractivity contribution in [3.63, 3.8) is 0 Å². The van der Waals surface area contributed by atoms with Crippen LogP contribution in [0, 0.1) is 0 Å². The van der Waals surface area contributed by atoms with Crippen molar-refractivity contribution in [2.45, 2.75) is 13.8 Å². The molecule has 0 saturated heterocycles. The summed E-state index contributed by atoms with van der Waals surface area (Å²) in [4.78, 5) is 13.8. The molecular formula is C10H16N2O3. The van der Waals surface area contributed by atoms with Crippen LogP contribution in [0.4, 0.5) is 5.82 Å². The Labute approximate surface area is 88.9 Å². The molecule has 0 aliphatic carbocycles. The minimum absolute atomic E-state index is 0.147. The highest BCUT2D eigenvalue weighted by molar-refractivity contribution is 5.87. The third-order valence-corrected chi connectivity index (χ3v) is 1.44. The van der Waals surface area contributed by atoms with Crippen molar-refractivity contribution >= 4 is 11.8 Å². The summed E-state index contributed by atoms with van der Waals surface area (Å²) in [5.74, 6) is -0.669. The van der Waals surface area contributed by atoms with E-state index >= 15 is 0 Å². The van der Waals surface area contributed by atoms with Crippen molar-refractivity contribution in [2.75, 3.05) is 18.9 Å². The number of pyridine rings is 1. The molecule has 0 aliphatic rings. The van der Waals surface area contributed by atoms with E-state index in [0.717, 1.165) is 13.2 Å². The smallest absolute Gasteiger partial charge is 0.337 e. The van der Waals surface area contributed by atoms with Gasteiger partial charge in [-0.3, -0.25) is 0 Å². The number of hydrogen-bond acceptors (Lipinski definition) is 4. The summed E-state index contributed by atoms with van der Waals surface area (Å²) in [5, 5.41) is 8.39. The van der Waals surface area contributed by atoms with Gasteiger partial charge in [-0.05, 0) is 26.0 Å². The Morgan fingerprint density at radius 2 is 2.07 bits per heavy atom. The van der Waals surface area contributed by atoms with E-state index in [-0.39, 0.29) is 5.56 Å². The third kappa shape index (κ3) is 6.45. The number of rotatable bonds is 3. The van der Waals surface area contributed by atoms with E-state index in [1.165, 1.54) is 18.3 Å². The van der Waals surface area contributed by atoms with Gasteiger partial charge in [-0.2, -0.15) is 0 Å². The molecule has 0 saturated carbocycles. The minimum atomic E-state index is -0.993. The maximum atomic E-state index is 10.2. The number of carbonyl (C=O) groups is 1. The second kappa shape index (κ2) is 7.75. The van der Waals surface area contributed by atoms with Crippen LogP contribution in [0.1, 0.15) is 24.2 Å². The predicted octanol–water partition coefficient (Wildman–Crippen LogP) is 1.40. The molecular weight excluding hydrogens is 196 g/mol. The fourth-order valence-corrected chi connectivity index (χ4v) is 0.736. The predicted molar refractivity (Wildman–Crippen MR) is 57.8 cm³/mol. The van der Waals surface area contributed by atoms with E-state index < -0.39 is 5.97 Å². The quantitative estimate of drug-likeness (QED) is 0.791. The van der Waals surface area contributed by atoms with E-state index in [0.29, 0.717) is 5.82 Å². The van der Waals surface area contributed by atoms with Gasteiger partial charge >= 0.3 is 5.97 Å². The fraction of sp³-hybridized carbons (Fsp3) is 0.400. The molecule has 1 heterocycles. The van der Waals surface area contributed by atoms with Gasteiger partial charge in [0, 0.05) is 19.4 Å². The van der Waals surface area contributed by atoms with Crippen molar-refractivity contribution in [3.05, 3.63) is 23.9 Å². The molecule has 5 nitrogen and oxygen atoms in total. The molecule has 0 spiro atoms.